The highest BCUT2D eigenvalue weighted by molar-refractivity contribution is 5.15. The third-order valence-corrected chi connectivity index (χ3v) is 1.44. The molecular weight excluding hydrogens is 172 g/mol. The van der Waals surface area contributed by atoms with Crippen LogP contribution < -0.4 is 10.6 Å². The summed E-state index contributed by atoms with van der Waals surface area (Å²) in [4.78, 5) is 0. The standard InChI is InChI=1S/2C6H7N/c2*1-2-4-6-7-5-3-1/h2*1-7H. The summed E-state index contributed by atoms with van der Waals surface area (Å²) < 4.78 is 0. The summed E-state index contributed by atoms with van der Waals surface area (Å²) in [6.07, 6.45) is 23.2. The molecule has 0 unspecified atom stereocenters. The Balaban J connectivity index is 0.000000140. The molecule has 14 heavy (non-hydrogen) atoms. The molecule has 2 rings (SSSR count). The first kappa shape index (κ1) is 10.1. The van der Waals surface area contributed by atoms with Crippen molar-refractivity contribution in [2.75, 3.05) is 0 Å². The van der Waals surface area contributed by atoms with Gasteiger partial charge in [-0.15, -0.1) is 0 Å². The normalized spacial score (nSPS) is 16.0. The molecule has 0 saturated heterocycles. The largest absolute Gasteiger partial charge is 0.368 e. The van der Waals surface area contributed by atoms with Crippen LogP contribution in [0.25, 0.3) is 0 Å². The van der Waals surface area contributed by atoms with E-state index in [4.69, 9.17) is 0 Å². The van der Waals surface area contributed by atoms with Crippen molar-refractivity contribution in [2.24, 2.45) is 0 Å². The van der Waals surface area contributed by atoms with Crippen molar-refractivity contribution in [1.82, 2.24) is 10.6 Å². The fourth-order valence-electron chi connectivity index (χ4n) is 0.812. The minimum Gasteiger partial charge on any atom is -0.368 e. The predicted molar refractivity (Wildman–Crippen MR) is 61.1 cm³/mol. The number of rotatable bonds is 0. The maximum absolute atomic E-state index is 2.92. The average Bonchev–Trinajstić information content (AvgIpc) is 2.68. The second-order valence-electron chi connectivity index (χ2n) is 2.54. The van der Waals surface area contributed by atoms with Crippen molar-refractivity contribution >= 4 is 0 Å². The monoisotopic (exact) mass is 186 g/mol. The summed E-state index contributed by atoms with van der Waals surface area (Å²) >= 11 is 0. The van der Waals surface area contributed by atoms with Gasteiger partial charge >= 0.3 is 0 Å². The van der Waals surface area contributed by atoms with Crippen molar-refractivity contribution < 1.29 is 0 Å². The first-order chi connectivity index (χ1) is 7.00. The van der Waals surface area contributed by atoms with Crippen LogP contribution in [0.2, 0.25) is 0 Å². The van der Waals surface area contributed by atoms with Crippen LogP contribution in [0.5, 0.6) is 0 Å². The van der Waals surface area contributed by atoms with Gasteiger partial charge in [0.1, 0.15) is 0 Å². The first-order valence-electron chi connectivity index (χ1n) is 4.49. The third-order valence-electron chi connectivity index (χ3n) is 1.44. The molecule has 0 aromatic rings. The van der Waals surface area contributed by atoms with Crippen molar-refractivity contribution in [3.8, 4) is 0 Å². The van der Waals surface area contributed by atoms with Crippen LogP contribution in [0, 0.1) is 0 Å². The van der Waals surface area contributed by atoms with Gasteiger partial charge in [-0.1, -0.05) is 24.3 Å². The zero-order chi connectivity index (χ0) is 9.90. The summed E-state index contributed by atoms with van der Waals surface area (Å²) in [5, 5.41) is 5.85. The SMILES string of the molecule is C1=CC=CNC=C1.C1=CC=CNC=C1. The highest BCUT2D eigenvalue weighted by Crippen LogP contribution is 1.81. The quantitative estimate of drug-likeness (QED) is 0.606. The molecule has 0 saturated carbocycles. The van der Waals surface area contributed by atoms with Gasteiger partial charge in [-0.3, -0.25) is 0 Å². The molecule has 0 bridgehead atoms. The van der Waals surface area contributed by atoms with E-state index in [0.29, 0.717) is 0 Å². The number of hydrogen-bond donors (Lipinski definition) is 2. The van der Waals surface area contributed by atoms with Crippen LogP contribution in [0.1, 0.15) is 0 Å². The molecule has 2 aliphatic heterocycles. The van der Waals surface area contributed by atoms with Crippen LogP contribution in [-0.2, 0) is 0 Å². The Morgan fingerprint density at radius 3 is 0.929 bits per heavy atom. The van der Waals surface area contributed by atoms with Gasteiger partial charge in [0.05, 0.1) is 0 Å². The van der Waals surface area contributed by atoms with Gasteiger partial charge in [0.2, 0.25) is 0 Å². The molecular formula is C12H14N2. The smallest absolute Gasteiger partial charge is 0.000442 e. The molecule has 0 amide bonds. The van der Waals surface area contributed by atoms with Gasteiger partial charge in [0.15, 0.2) is 0 Å². The van der Waals surface area contributed by atoms with Gasteiger partial charge in [0.25, 0.3) is 0 Å². The zero-order valence-corrected chi connectivity index (χ0v) is 7.93. The fraction of sp³-hybridized carbons (Fsp3) is 0. The van der Waals surface area contributed by atoms with E-state index in [1.54, 1.807) is 0 Å². The van der Waals surface area contributed by atoms with Crippen molar-refractivity contribution in [3.05, 3.63) is 73.4 Å². The van der Waals surface area contributed by atoms with Gasteiger partial charge < -0.3 is 10.6 Å². The fourth-order valence-corrected chi connectivity index (χ4v) is 0.812. The molecule has 2 heteroatoms. The van der Waals surface area contributed by atoms with E-state index in [0.717, 1.165) is 0 Å². The van der Waals surface area contributed by atoms with Crippen LogP contribution in [0.3, 0.4) is 0 Å². The summed E-state index contributed by atoms with van der Waals surface area (Å²) in [5.41, 5.74) is 0. The Hall–Kier alpha value is -1.96. The van der Waals surface area contributed by atoms with Crippen LogP contribution in [0.4, 0.5) is 0 Å². The first-order valence-corrected chi connectivity index (χ1v) is 4.49. The Kier molecular flexibility index (Phi) is 5.55. The van der Waals surface area contributed by atoms with E-state index in [1.807, 2.05) is 73.4 Å². The number of hydrogen-bond acceptors (Lipinski definition) is 2. The Morgan fingerprint density at radius 2 is 0.643 bits per heavy atom. The molecule has 0 aliphatic carbocycles. The van der Waals surface area contributed by atoms with Gasteiger partial charge in [-0.25, -0.2) is 0 Å². The lowest BCUT2D eigenvalue weighted by molar-refractivity contribution is 1.20. The lowest BCUT2D eigenvalue weighted by Crippen LogP contribution is -1.87. The maximum Gasteiger partial charge on any atom is 0.000442 e. The highest BCUT2D eigenvalue weighted by Gasteiger charge is 1.68. The summed E-state index contributed by atoms with van der Waals surface area (Å²) in [5.74, 6) is 0. The average molecular weight is 186 g/mol. The van der Waals surface area contributed by atoms with E-state index in [1.165, 1.54) is 0 Å². The third kappa shape index (κ3) is 5.66. The van der Waals surface area contributed by atoms with Crippen LogP contribution in [0.15, 0.2) is 73.4 Å². The van der Waals surface area contributed by atoms with Crippen molar-refractivity contribution in [1.29, 1.82) is 0 Å². The Morgan fingerprint density at radius 1 is 0.357 bits per heavy atom. The molecule has 0 aromatic heterocycles. The van der Waals surface area contributed by atoms with Gasteiger partial charge in [-0.05, 0) is 24.3 Å². The highest BCUT2D eigenvalue weighted by atomic mass is 14.8. The van der Waals surface area contributed by atoms with Crippen molar-refractivity contribution in [2.45, 2.75) is 0 Å². The molecule has 2 N–H and O–H groups in total. The zero-order valence-electron chi connectivity index (χ0n) is 7.93. The van der Waals surface area contributed by atoms with Crippen LogP contribution >= 0.6 is 0 Å². The summed E-state index contributed by atoms with van der Waals surface area (Å²) in [6.45, 7) is 0. The van der Waals surface area contributed by atoms with Gasteiger partial charge in [-0.2, -0.15) is 0 Å². The van der Waals surface area contributed by atoms with E-state index < -0.39 is 0 Å². The number of nitrogens with one attached hydrogen (secondary N) is 2. The summed E-state index contributed by atoms with van der Waals surface area (Å²) in [7, 11) is 0. The van der Waals surface area contributed by atoms with Gasteiger partial charge in [0, 0.05) is 24.8 Å². The maximum atomic E-state index is 2.92. The minimum absolute atomic E-state index is 1.88. The Labute approximate surface area is 84.7 Å². The van der Waals surface area contributed by atoms with E-state index in [2.05, 4.69) is 10.6 Å². The predicted octanol–water partition coefficient (Wildman–Crippen LogP) is 2.35. The molecule has 2 aliphatic rings. The van der Waals surface area contributed by atoms with Crippen molar-refractivity contribution in [3.63, 3.8) is 0 Å². The Bertz CT molecular complexity index is 244. The second kappa shape index (κ2) is 7.68. The molecule has 2 heterocycles. The molecule has 0 atom stereocenters. The topological polar surface area (TPSA) is 24.1 Å². The lowest BCUT2D eigenvalue weighted by Gasteiger charge is -1.79. The number of allylic oxidation sites excluding steroid dienone is 8. The summed E-state index contributed by atoms with van der Waals surface area (Å²) in [6, 6.07) is 0. The minimum atomic E-state index is 1.88. The van der Waals surface area contributed by atoms with Crippen LogP contribution in [-0.4, -0.2) is 0 Å². The molecule has 0 spiro atoms. The lowest BCUT2D eigenvalue weighted by atomic mass is 10.5. The second-order valence-corrected chi connectivity index (χ2v) is 2.54. The molecule has 0 aromatic carbocycles. The molecule has 72 valence electrons. The van der Waals surface area contributed by atoms with E-state index in [9.17, 15) is 0 Å². The van der Waals surface area contributed by atoms with E-state index >= 15 is 0 Å². The molecule has 0 radical (unpaired) electrons. The molecule has 0 fully saturated rings. The van der Waals surface area contributed by atoms with E-state index in [-0.39, 0.29) is 0 Å². The molecule has 2 nitrogen and oxygen atoms in total.